The molecule has 43 heavy (non-hydrogen) atoms. The third kappa shape index (κ3) is 7.20. The summed E-state index contributed by atoms with van der Waals surface area (Å²) in [6.45, 7) is 3.26. The maximum Gasteiger partial charge on any atom is 0.401 e. The first-order valence-corrected chi connectivity index (χ1v) is 14.5. The van der Waals surface area contributed by atoms with E-state index < -0.39 is 36.9 Å². The van der Waals surface area contributed by atoms with E-state index in [9.17, 15) is 26.7 Å². The molecule has 0 saturated carbocycles. The van der Waals surface area contributed by atoms with Gasteiger partial charge < -0.3 is 14.5 Å². The lowest BCUT2D eigenvalue weighted by Crippen LogP contribution is -2.49. The molecule has 1 atom stereocenters. The molecular weight excluding hydrogens is 595 g/mol. The fourth-order valence-electron chi connectivity index (χ4n) is 5.75. The molecule has 0 amide bonds. The molecule has 0 radical (unpaired) electrons. The molecular formula is C29H32ClF5N6O2. The summed E-state index contributed by atoms with van der Waals surface area (Å²) in [6.07, 6.45) is -2.96. The lowest BCUT2D eigenvalue weighted by molar-refractivity contribution is -0.146. The third-order valence-electron chi connectivity index (χ3n) is 7.74. The Hall–Kier alpha value is -3.45. The van der Waals surface area contributed by atoms with E-state index in [4.69, 9.17) is 16.3 Å². The number of ether oxygens (including phenoxy) is 1. The van der Waals surface area contributed by atoms with E-state index >= 15 is 0 Å². The summed E-state index contributed by atoms with van der Waals surface area (Å²) in [6, 6.07) is 8.82. The second kappa shape index (κ2) is 13.0. The topological polar surface area (TPSA) is 66.7 Å². The minimum Gasteiger partial charge on any atom is -0.462 e. The van der Waals surface area contributed by atoms with Crippen molar-refractivity contribution in [3.63, 3.8) is 0 Å². The number of halogens is 6. The Labute approximate surface area is 251 Å². The molecule has 0 bridgehead atoms. The van der Waals surface area contributed by atoms with Crippen LogP contribution in [0, 0.1) is 0 Å². The number of hydrogen-bond acceptors (Lipinski definition) is 7. The zero-order valence-electron chi connectivity index (χ0n) is 23.5. The predicted octanol–water partition coefficient (Wildman–Crippen LogP) is 6.24. The number of piperazine rings is 1. The highest BCUT2D eigenvalue weighted by atomic mass is 35.5. The molecule has 2 saturated heterocycles. The average Bonchev–Trinajstić information content (AvgIpc) is 3.43. The van der Waals surface area contributed by atoms with Crippen molar-refractivity contribution in [1.29, 1.82) is 0 Å². The third-order valence-corrected chi connectivity index (χ3v) is 7.97. The van der Waals surface area contributed by atoms with E-state index in [-0.39, 0.29) is 12.2 Å². The largest absolute Gasteiger partial charge is 0.462 e. The van der Waals surface area contributed by atoms with Gasteiger partial charge in [0.05, 0.1) is 25.4 Å². The number of rotatable bonds is 8. The van der Waals surface area contributed by atoms with Crippen molar-refractivity contribution in [3.8, 4) is 11.1 Å². The fourth-order valence-corrected chi connectivity index (χ4v) is 5.92. The molecule has 1 aromatic carbocycles. The van der Waals surface area contributed by atoms with Gasteiger partial charge in [-0.2, -0.15) is 18.3 Å². The molecule has 8 nitrogen and oxygen atoms in total. The van der Waals surface area contributed by atoms with Crippen LogP contribution in [0.1, 0.15) is 48.3 Å². The van der Waals surface area contributed by atoms with Crippen molar-refractivity contribution in [3.05, 3.63) is 59.0 Å². The van der Waals surface area contributed by atoms with E-state index in [1.807, 2.05) is 29.2 Å². The monoisotopic (exact) mass is 626 g/mol. The van der Waals surface area contributed by atoms with Crippen LogP contribution in [0.4, 0.5) is 33.5 Å². The standard InChI is InChI=1S/C29H32ClF5N6O2/c1-2-43-28(42)23-16-37-41(26(23)27(31)32)21-4-3-9-40(17-21)24-14-20(30)6-7-22(24)19-5-8-25(36-15-19)39-12-10-38(11-13-39)18-29(33,34)35/h5-8,14-16,21,27H,2-4,9-13,17-18H2,1H3. The lowest BCUT2D eigenvalue weighted by Gasteiger charge is -2.36. The number of carbonyl (C=O) groups is 1. The second-order valence-corrected chi connectivity index (χ2v) is 11.0. The molecule has 3 aromatic rings. The Bertz CT molecular complexity index is 1410. The first-order valence-electron chi connectivity index (χ1n) is 14.1. The number of esters is 1. The van der Waals surface area contributed by atoms with Gasteiger partial charge in [-0.3, -0.25) is 9.58 Å². The van der Waals surface area contributed by atoms with E-state index in [0.717, 1.165) is 23.0 Å². The molecule has 5 rings (SSSR count). The fraction of sp³-hybridized carbons (Fsp3) is 0.483. The summed E-state index contributed by atoms with van der Waals surface area (Å²) in [5, 5.41) is 4.69. The van der Waals surface area contributed by atoms with Crippen LogP contribution in [0.25, 0.3) is 11.1 Å². The normalized spacial score (nSPS) is 18.4. The van der Waals surface area contributed by atoms with Crippen molar-refractivity contribution >= 4 is 29.1 Å². The number of anilines is 2. The van der Waals surface area contributed by atoms with E-state index in [0.29, 0.717) is 63.0 Å². The zero-order chi connectivity index (χ0) is 30.7. The van der Waals surface area contributed by atoms with Crippen LogP contribution in [-0.2, 0) is 4.74 Å². The van der Waals surface area contributed by atoms with Gasteiger partial charge in [0, 0.05) is 67.3 Å². The Balaban J connectivity index is 1.34. The summed E-state index contributed by atoms with van der Waals surface area (Å²) in [7, 11) is 0. The number of benzene rings is 1. The number of aromatic nitrogens is 3. The molecule has 232 valence electrons. The maximum atomic E-state index is 14.1. The number of alkyl halides is 5. The predicted molar refractivity (Wildman–Crippen MR) is 153 cm³/mol. The molecule has 14 heteroatoms. The Kier molecular flexibility index (Phi) is 9.40. The van der Waals surface area contributed by atoms with Gasteiger partial charge >= 0.3 is 12.1 Å². The molecule has 0 N–H and O–H groups in total. The number of piperidine rings is 1. The van der Waals surface area contributed by atoms with Gasteiger partial charge in [0.2, 0.25) is 0 Å². The molecule has 2 fully saturated rings. The van der Waals surface area contributed by atoms with Crippen molar-refractivity contribution < 1.29 is 31.5 Å². The Morgan fingerprint density at radius 3 is 2.49 bits per heavy atom. The molecule has 4 heterocycles. The van der Waals surface area contributed by atoms with E-state index in [2.05, 4.69) is 15.0 Å². The molecule has 2 aliphatic heterocycles. The Morgan fingerprint density at radius 1 is 1.07 bits per heavy atom. The van der Waals surface area contributed by atoms with Crippen LogP contribution in [0.3, 0.4) is 0 Å². The van der Waals surface area contributed by atoms with Gasteiger partial charge in [0.15, 0.2) is 0 Å². The van der Waals surface area contributed by atoms with E-state index in [1.54, 1.807) is 19.2 Å². The second-order valence-electron chi connectivity index (χ2n) is 10.6. The molecule has 0 spiro atoms. The SMILES string of the molecule is CCOC(=O)c1cnn(C2CCCN(c3cc(Cl)ccc3-c3ccc(N4CCN(CC(F)(F)F)CC4)nc3)C2)c1C(F)F. The van der Waals surface area contributed by atoms with Crippen LogP contribution >= 0.6 is 11.6 Å². The molecule has 2 aromatic heterocycles. The van der Waals surface area contributed by atoms with Crippen molar-refractivity contribution in [2.75, 3.05) is 62.2 Å². The summed E-state index contributed by atoms with van der Waals surface area (Å²) in [5.41, 5.74) is 1.79. The summed E-state index contributed by atoms with van der Waals surface area (Å²) >= 11 is 6.40. The van der Waals surface area contributed by atoms with Gasteiger partial charge in [-0.15, -0.1) is 0 Å². The van der Waals surface area contributed by atoms with Gasteiger partial charge in [-0.25, -0.2) is 18.6 Å². The molecule has 2 aliphatic rings. The first kappa shape index (κ1) is 31.0. The lowest BCUT2D eigenvalue weighted by atomic mass is 10.00. The van der Waals surface area contributed by atoms with Gasteiger partial charge in [-0.05, 0) is 44.0 Å². The molecule has 1 unspecified atom stereocenters. The van der Waals surface area contributed by atoms with E-state index in [1.165, 1.54) is 9.58 Å². The molecule has 0 aliphatic carbocycles. The van der Waals surface area contributed by atoms with Crippen LogP contribution in [-0.4, -0.2) is 84.2 Å². The minimum absolute atomic E-state index is 0.0653. The number of nitrogens with zero attached hydrogens (tertiary/aromatic N) is 6. The smallest absolute Gasteiger partial charge is 0.401 e. The van der Waals surface area contributed by atoms with Crippen molar-refractivity contribution in [1.82, 2.24) is 19.7 Å². The van der Waals surface area contributed by atoms with Crippen LogP contribution in [0.2, 0.25) is 5.02 Å². The first-order chi connectivity index (χ1) is 20.5. The van der Waals surface area contributed by atoms with Crippen LogP contribution in [0.5, 0.6) is 0 Å². The summed E-state index contributed by atoms with van der Waals surface area (Å²) in [5.74, 6) is -0.146. The number of pyridine rings is 1. The van der Waals surface area contributed by atoms with Crippen LogP contribution < -0.4 is 9.80 Å². The Morgan fingerprint density at radius 2 is 1.84 bits per heavy atom. The zero-order valence-corrected chi connectivity index (χ0v) is 24.3. The highest BCUT2D eigenvalue weighted by Crippen LogP contribution is 2.38. The van der Waals surface area contributed by atoms with Gasteiger partial charge in [0.25, 0.3) is 6.43 Å². The van der Waals surface area contributed by atoms with Gasteiger partial charge in [-0.1, -0.05) is 17.7 Å². The summed E-state index contributed by atoms with van der Waals surface area (Å²) < 4.78 is 72.7. The van der Waals surface area contributed by atoms with Crippen molar-refractivity contribution in [2.24, 2.45) is 0 Å². The number of hydrogen-bond donors (Lipinski definition) is 0. The average molecular weight is 627 g/mol. The highest BCUT2D eigenvalue weighted by Gasteiger charge is 2.33. The van der Waals surface area contributed by atoms with Crippen LogP contribution in [0.15, 0.2) is 42.7 Å². The van der Waals surface area contributed by atoms with Gasteiger partial charge in [0.1, 0.15) is 17.1 Å². The minimum atomic E-state index is -4.22. The highest BCUT2D eigenvalue weighted by molar-refractivity contribution is 6.31. The maximum absolute atomic E-state index is 14.1. The quantitative estimate of drug-likeness (QED) is 0.217. The number of carbonyl (C=O) groups excluding carboxylic acids is 1. The van der Waals surface area contributed by atoms with Crippen molar-refractivity contribution in [2.45, 2.75) is 38.4 Å². The summed E-state index contributed by atoms with van der Waals surface area (Å²) in [4.78, 5) is 22.3.